The normalized spacial score (nSPS) is 27.5. The third-order valence-electron chi connectivity index (χ3n) is 3.27. The van der Waals surface area contributed by atoms with E-state index in [-0.39, 0.29) is 17.3 Å². The molecule has 0 amide bonds. The van der Waals surface area contributed by atoms with Crippen LogP contribution in [0.15, 0.2) is 24.0 Å². The quantitative estimate of drug-likeness (QED) is 0.689. The van der Waals surface area contributed by atoms with Crippen LogP contribution in [0.2, 0.25) is 0 Å². The minimum absolute atomic E-state index is 0.101. The molecular formula is C14H21O3-. The molecule has 2 atom stereocenters. The Morgan fingerprint density at radius 1 is 1.47 bits per heavy atom. The molecule has 2 rings (SSSR count). The van der Waals surface area contributed by atoms with Crippen molar-refractivity contribution in [3.63, 3.8) is 0 Å². The molecule has 3 nitrogen and oxygen atoms in total. The molecule has 2 aliphatic rings. The van der Waals surface area contributed by atoms with E-state index in [1.54, 1.807) is 6.26 Å². The summed E-state index contributed by atoms with van der Waals surface area (Å²) in [6, 6.07) is 0. The van der Waals surface area contributed by atoms with Gasteiger partial charge in [-0.15, -0.1) is 0 Å². The highest BCUT2D eigenvalue weighted by molar-refractivity contribution is 5.74. The van der Waals surface area contributed by atoms with Crippen LogP contribution in [0.25, 0.3) is 0 Å². The van der Waals surface area contributed by atoms with Crippen LogP contribution in [0.1, 0.15) is 34.1 Å². The highest BCUT2D eigenvalue weighted by atomic mass is 16.5. The summed E-state index contributed by atoms with van der Waals surface area (Å²) in [4.78, 5) is 10.6. The Balaban J connectivity index is 0.000000239. The summed E-state index contributed by atoms with van der Waals surface area (Å²) < 4.78 is 4.76. The maximum atomic E-state index is 10.6. The van der Waals surface area contributed by atoms with Crippen molar-refractivity contribution < 1.29 is 14.6 Å². The van der Waals surface area contributed by atoms with Crippen molar-refractivity contribution in [2.75, 3.05) is 6.61 Å². The van der Waals surface area contributed by atoms with Crippen LogP contribution in [0, 0.1) is 17.3 Å². The van der Waals surface area contributed by atoms with Gasteiger partial charge in [-0.1, -0.05) is 25.5 Å². The lowest BCUT2D eigenvalue weighted by atomic mass is 10.1. The molecule has 2 unspecified atom stereocenters. The lowest BCUT2D eigenvalue weighted by Crippen LogP contribution is -2.26. The zero-order chi connectivity index (χ0) is 13.1. The zero-order valence-corrected chi connectivity index (χ0v) is 11.0. The van der Waals surface area contributed by atoms with Gasteiger partial charge in [-0.2, -0.15) is 0 Å². The van der Waals surface area contributed by atoms with Crippen molar-refractivity contribution in [3.8, 4) is 0 Å². The number of aliphatic carboxylic acids is 1. The van der Waals surface area contributed by atoms with Gasteiger partial charge < -0.3 is 14.6 Å². The molecule has 1 fully saturated rings. The van der Waals surface area contributed by atoms with Gasteiger partial charge in [0.15, 0.2) is 0 Å². The van der Waals surface area contributed by atoms with Crippen LogP contribution in [-0.2, 0) is 9.53 Å². The summed E-state index contributed by atoms with van der Waals surface area (Å²) in [6.45, 7) is 8.80. The largest absolute Gasteiger partial charge is 0.550 e. The Morgan fingerprint density at radius 2 is 2.12 bits per heavy atom. The van der Waals surface area contributed by atoms with E-state index in [0.29, 0.717) is 0 Å². The van der Waals surface area contributed by atoms with Gasteiger partial charge in [-0.25, -0.2) is 0 Å². The van der Waals surface area contributed by atoms with Crippen LogP contribution in [-0.4, -0.2) is 12.6 Å². The molecule has 17 heavy (non-hydrogen) atoms. The third kappa shape index (κ3) is 3.62. The molecule has 1 aliphatic heterocycles. The molecule has 0 spiro atoms. The maximum Gasteiger partial charge on any atom is 0.0908 e. The van der Waals surface area contributed by atoms with Crippen LogP contribution in [0.4, 0.5) is 0 Å². The van der Waals surface area contributed by atoms with Crippen molar-refractivity contribution >= 4 is 5.97 Å². The van der Waals surface area contributed by atoms with Crippen LogP contribution < -0.4 is 5.11 Å². The molecule has 0 aromatic rings. The van der Waals surface area contributed by atoms with Gasteiger partial charge in [0.1, 0.15) is 0 Å². The number of hydrogen-bond donors (Lipinski definition) is 0. The van der Waals surface area contributed by atoms with Crippen molar-refractivity contribution in [1.82, 2.24) is 0 Å². The summed E-state index contributed by atoms with van der Waals surface area (Å²) in [7, 11) is 0. The number of hydrogen-bond acceptors (Lipinski definition) is 3. The molecule has 0 radical (unpaired) electrons. The first-order chi connectivity index (χ1) is 7.87. The topological polar surface area (TPSA) is 49.4 Å². The molecule has 0 N–H and O–H groups in total. The van der Waals surface area contributed by atoms with E-state index in [1.807, 2.05) is 39.8 Å². The van der Waals surface area contributed by atoms with Gasteiger partial charge in [0.25, 0.3) is 0 Å². The Bertz CT molecular complexity index is 329. The molecule has 1 heterocycles. The van der Waals surface area contributed by atoms with Gasteiger partial charge in [0.05, 0.1) is 12.9 Å². The van der Waals surface area contributed by atoms with E-state index in [9.17, 15) is 9.90 Å². The van der Waals surface area contributed by atoms with Crippen molar-refractivity contribution in [1.29, 1.82) is 0 Å². The standard InChI is InChI=1S/C10H16O2.C4H6O/c1-6(2)5-7-8(9(11)12)10(7,3)4;1-2-4-5-3-1/h5,7-8H,1-4H3,(H,11,12);1,3H,2,4H2/p-1. The molecule has 0 aromatic carbocycles. The van der Waals surface area contributed by atoms with Crippen molar-refractivity contribution in [3.05, 3.63) is 24.0 Å². The van der Waals surface area contributed by atoms with E-state index in [2.05, 4.69) is 0 Å². The minimum atomic E-state index is -0.914. The second-order valence-electron chi connectivity index (χ2n) is 5.42. The van der Waals surface area contributed by atoms with Gasteiger partial charge in [0, 0.05) is 18.3 Å². The molecule has 0 aromatic heterocycles. The van der Waals surface area contributed by atoms with Crippen LogP contribution in [0.3, 0.4) is 0 Å². The summed E-state index contributed by atoms with van der Waals surface area (Å²) in [5.41, 5.74) is 1.08. The average Bonchev–Trinajstić information content (AvgIpc) is 2.65. The fourth-order valence-electron chi connectivity index (χ4n) is 2.14. The summed E-state index contributed by atoms with van der Waals surface area (Å²) in [5.74, 6) is -1.03. The number of carbonyl (C=O) groups is 1. The fourth-order valence-corrected chi connectivity index (χ4v) is 2.14. The first kappa shape index (κ1) is 13.8. The monoisotopic (exact) mass is 237 g/mol. The van der Waals surface area contributed by atoms with Crippen molar-refractivity contribution in [2.45, 2.75) is 34.1 Å². The second-order valence-corrected chi connectivity index (χ2v) is 5.42. The van der Waals surface area contributed by atoms with Crippen LogP contribution >= 0.6 is 0 Å². The Hall–Kier alpha value is -1.25. The summed E-state index contributed by atoms with van der Waals surface area (Å²) in [6.07, 6.45) is 6.88. The SMILES string of the molecule is C1=COCC1.CC(C)=CC1C(C(=O)[O-])C1(C)C. The Kier molecular flexibility index (Phi) is 4.38. The van der Waals surface area contributed by atoms with E-state index in [4.69, 9.17) is 4.74 Å². The number of carboxylic acid groups (broad SMARTS) is 1. The van der Waals surface area contributed by atoms with Crippen LogP contribution in [0.5, 0.6) is 0 Å². The highest BCUT2D eigenvalue weighted by Gasteiger charge is 2.56. The van der Waals surface area contributed by atoms with E-state index in [0.717, 1.165) is 13.0 Å². The molecule has 1 aliphatic carbocycles. The van der Waals surface area contributed by atoms with Gasteiger partial charge >= 0.3 is 0 Å². The number of carbonyl (C=O) groups excluding carboxylic acids is 1. The van der Waals surface area contributed by atoms with E-state index >= 15 is 0 Å². The minimum Gasteiger partial charge on any atom is -0.550 e. The van der Waals surface area contributed by atoms with Gasteiger partial charge in [-0.05, 0) is 31.3 Å². The fraction of sp³-hybridized carbons (Fsp3) is 0.643. The Labute approximate surface area is 103 Å². The summed E-state index contributed by atoms with van der Waals surface area (Å²) >= 11 is 0. The van der Waals surface area contributed by atoms with E-state index < -0.39 is 5.97 Å². The average molecular weight is 237 g/mol. The molecule has 0 saturated heterocycles. The maximum absolute atomic E-state index is 10.6. The zero-order valence-electron chi connectivity index (χ0n) is 11.0. The molecule has 3 heteroatoms. The third-order valence-corrected chi connectivity index (χ3v) is 3.27. The highest BCUT2D eigenvalue weighted by Crippen LogP contribution is 2.58. The molecular weight excluding hydrogens is 216 g/mol. The first-order valence-corrected chi connectivity index (χ1v) is 6.00. The predicted octanol–water partition coefficient (Wildman–Crippen LogP) is 1.90. The number of rotatable bonds is 2. The first-order valence-electron chi connectivity index (χ1n) is 6.00. The lowest BCUT2D eigenvalue weighted by molar-refractivity contribution is -0.308. The molecule has 1 saturated carbocycles. The lowest BCUT2D eigenvalue weighted by Gasteiger charge is -2.01. The van der Waals surface area contributed by atoms with Gasteiger partial charge in [-0.3, -0.25) is 0 Å². The van der Waals surface area contributed by atoms with Crippen molar-refractivity contribution in [2.24, 2.45) is 17.3 Å². The molecule has 0 bridgehead atoms. The van der Waals surface area contributed by atoms with E-state index in [1.165, 1.54) is 5.57 Å². The smallest absolute Gasteiger partial charge is 0.0908 e. The van der Waals surface area contributed by atoms with Gasteiger partial charge in [0.2, 0.25) is 0 Å². The summed E-state index contributed by atoms with van der Waals surface area (Å²) in [5, 5.41) is 10.6. The second kappa shape index (κ2) is 5.39. The predicted molar refractivity (Wildman–Crippen MR) is 64.9 cm³/mol. The Morgan fingerprint density at radius 3 is 2.35 bits per heavy atom. The number of carboxylic acids is 1. The molecule has 96 valence electrons. The number of allylic oxidation sites excluding steroid dienone is 2. The number of ether oxygens (including phenoxy) is 1.